The lowest BCUT2D eigenvalue weighted by atomic mass is 10.0. The summed E-state index contributed by atoms with van der Waals surface area (Å²) in [5.41, 5.74) is 5.68. The van der Waals surface area contributed by atoms with E-state index in [0.29, 0.717) is 16.9 Å². The fourth-order valence-electron chi connectivity index (χ4n) is 4.01. The molecular formula is C24H22N4O3S2. The number of hydrogen-bond acceptors (Lipinski definition) is 5. The minimum atomic E-state index is -3.72. The van der Waals surface area contributed by atoms with Crippen molar-refractivity contribution in [1.82, 2.24) is 9.99 Å². The number of nitrogens with one attached hydrogen (secondary N) is 1. The van der Waals surface area contributed by atoms with Gasteiger partial charge in [0.1, 0.15) is 0 Å². The highest BCUT2D eigenvalue weighted by atomic mass is 32.2. The van der Waals surface area contributed by atoms with Crippen LogP contribution in [0.15, 0.2) is 82.8 Å². The van der Waals surface area contributed by atoms with Crippen LogP contribution in [0, 0.1) is 0 Å². The van der Waals surface area contributed by atoms with Gasteiger partial charge in [0.2, 0.25) is 4.80 Å². The molecule has 7 nitrogen and oxygen atoms in total. The summed E-state index contributed by atoms with van der Waals surface area (Å²) in [6.45, 7) is 0.437. The van der Waals surface area contributed by atoms with Crippen molar-refractivity contribution in [1.29, 1.82) is 0 Å². The van der Waals surface area contributed by atoms with Gasteiger partial charge in [0, 0.05) is 19.2 Å². The fourth-order valence-corrected chi connectivity index (χ4v) is 6.53. The summed E-state index contributed by atoms with van der Waals surface area (Å²) in [7, 11) is -1.83. The molecule has 0 atom stereocenters. The van der Waals surface area contributed by atoms with Crippen molar-refractivity contribution in [2.75, 3.05) is 10.8 Å². The molecule has 1 aliphatic rings. The summed E-state index contributed by atoms with van der Waals surface area (Å²) in [5.74, 6) is -0.403. The Kier molecular flexibility index (Phi) is 5.51. The molecule has 0 spiro atoms. The quantitative estimate of drug-likeness (QED) is 0.455. The number of aromatic nitrogens is 1. The molecule has 5 rings (SSSR count). The van der Waals surface area contributed by atoms with E-state index in [0.717, 1.165) is 34.3 Å². The van der Waals surface area contributed by atoms with Crippen molar-refractivity contribution in [2.24, 2.45) is 12.1 Å². The maximum Gasteiger partial charge on any atom is 0.271 e. The molecule has 1 aliphatic heterocycles. The first-order valence-corrected chi connectivity index (χ1v) is 12.8. The van der Waals surface area contributed by atoms with Gasteiger partial charge in [-0.3, -0.25) is 9.10 Å². The fraction of sp³-hybridized carbons (Fsp3) is 0.167. The SMILES string of the molecule is Cn1/c(=N\NC(=O)c2ccc(S(=O)(=O)N3CCCc4ccccc43)cc2)sc2ccccc21. The van der Waals surface area contributed by atoms with Crippen LogP contribution in [0.2, 0.25) is 0 Å². The molecule has 2 heterocycles. The molecule has 0 bridgehead atoms. The van der Waals surface area contributed by atoms with Crippen LogP contribution in [0.3, 0.4) is 0 Å². The van der Waals surface area contributed by atoms with Crippen molar-refractivity contribution >= 4 is 43.2 Å². The summed E-state index contributed by atoms with van der Waals surface area (Å²) in [6, 6.07) is 21.4. The third kappa shape index (κ3) is 3.94. The zero-order valence-corrected chi connectivity index (χ0v) is 19.6. The van der Waals surface area contributed by atoms with E-state index in [-0.39, 0.29) is 4.90 Å². The molecular weight excluding hydrogens is 456 g/mol. The highest BCUT2D eigenvalue weighted by Crippen LogP contribution is 2.31. The molecule has 0 aliphatic carbocycles. The van der Waals surface area contributed by atoms with Gasteiger partial charge in [-0.05, 0) is 60.9 Å². The molecule has 9 heteroatoms. The first-order chi connectivity index (χ1) is 15.9. The largest absolute Gasteiger partial charge is 0.318 e. The van der Waals surface area contributed by atoms with Crippen molar-refractivity contribution in [2.45, 2.75) is 17.7 Å². The summed E-state index contributed by atoms with van der Waals surface area (Å²) >= 11 is 1.47. The number of thiazole rings is 1. The number of amides is 1. The number of benzene rings is 3. The van der Waals surface area contributed by atoms with Gasteiger partial charge in [-0.1, -0.05) is 41.7 Å². The molecule has 0 unspecified atom stereocenters. The molecule has 168 valence electrons. The van der Waals surface area contributed by atoms with Crippen LogP contribution in [0.5, 0.6) is 0 Å². The highest BCUT2D eigenvalue weighted by molar-refractivity contribution is 7.92. The van der Waals surface area contributed by atoms with Crippen LogP contribution in [-0.4, -0.2) is 25.4 Å². The lowest BCUT2D eigenvalue weighted by Crippen LogP contribution is -2.35. The number of aryl methyl sites for hydroxylation is 2. The predicted molar refractivity (Wildman–Crippen MR) is 130 cm³/mol. The maximum absolute atomic E-state index is 13.3. The van der Waals surface area contributed by atoms with E-state index >= 15 is 0 Å². The van der Waals surface area contributed by atoms with Crippen LogP contribution in [0.25, 0.3) is 10.2 Å². The van der Waals surface area contributed by atoms with Crippen LogP contribution >= 0.6 is 11.3 Å². The molecule has 1 aromatic heterocycles. The van der Waals surface area contributed by atoms with Crippen LogP contribution in [0.4, 0.5) is 5.69 Å². The average molecular weight is 479 g/mol. The number of carbonyl (C=O) groups excluding carboxylic acids is 1. The molecule has 3 aromatic carbocycles. The Hall–Kier alpha value is -3.43. The first-order valence-electron chi connectivity index (χ1n) is 10.5. The molecule has 0 radical (unpaired) electrons. The summed E-state index contributed by atoms with van der Waals surface area (Å²) < 4.78 is 31.0. The number of nitrogens with zero attached hydrogens (tertiary/aromatic N) is 3. The van der Waals surface area contributed by atoms with Gasteiger partial charge in [0.25, 0.3) is 15.9 Å². The van der Waals surface area contributed by atoms with Gasteiger partial charge in [-0.2, -0.15) is 0 Å². The van der Waals surface area contributed by atoms with Crippen molar-refractivity contribution in [3.05, 3.63) is 88.7 Å². The topological polar surface area (TPSA) is 83.8 Å². The standard InChI is InChI=1S/C24H22N4O3S2/c1-27-21-10-4-5-11-22(21)32-24(27)26-25-23(29)18-12-14-19(15-13-18)33(30,31)28-16-6-8-17-7-2-3-9-20(17)28/h2-5,7,9-15H,6,8,16H2,1H3,(H,25,29)/b26-24+. The molecule has 1 N–H and O–H groups in total. The second-order valence-corrected chi connectivity index (χ2v) is 10.7. The molecule has 0 saturated heterocycles. The monoisotopic (exact) mass is 478 g/mol. The van der Waals surface area contributed by atoms with Crippen LogP contribution in [-0.2, 0) is 23.5 Å². The van der Waals surface area contributed by atoms with Gasteiger partial charge in [-0.15, -0.1) is 5.10 Å². The summed E-state index contributed by atoms with van der Waals surface area (Å²) in [5, 5.41) is 4.24. The van der Waals surface area contributed by atoms with E-state index in [1.807, 2.05) is 60.1 Å². The Labute approximate surface area is 195 Å². The van der Waals surface area contributed by atoms with E-state index in [9.17, 15) is 13.2 Å². The minimum absolute atomic E-state index is 0.156. The molecule has 1 amide bonds. The maximum atomic E-state index is 13.3. The van der Waals surface area contributed by atoms with E-state index in [1.165, 1.54) is 39.9 Å². The second-order valence-electron chi connectivity index (χ2n) is 7.80. The van der Waals surface area contributed by atoms with E-state index in [1.54, 1.807) is 0 Å². The lowest BCUT2D eigenvalue weighted by molar-refractivity contribution is 0.0953. The highest BCUT2D eigenvalue weighted by Gasteiger charge is 2.28. The van der Waals surface area contributed by atoms with Crippen LogP contribution < -0.4 is 14.5 Å². The third-order valence-electron chi connectivity index (χ3n) is 5.74. The number of carbonyl (C=O) groups is 1. The van der Waals surface area contributed by atoms with Crippen LogP contribution in [0.1, 0.15) is 22.3 Å². The van der Waals surface area contributed by atoms with Gasteiger partial charge in [-0.25, -0.2) is 13.8 Å². The average Bonchev–Trinajstić information content (AvgIpc) is 3.17. The molecule has 0 saturated carbocycles. The zero-order chi connectivity index (χ0) is 23.0. The van der Waals surface area contributed by atoms with Gasteiger partial charge in [0.05, 0.1) is 20.8 Å². The number of anilines is 1. The Balaban J connectivity index is 1.37. The minimum Gasteiger partial charge on any atom is -0.318 e. The number of sulfonamides is 1. The third-order valence-corrected chi connectivity index (χ3v) is 8.68. The first kappa shape index (κ1) is 21.4. The second kappa shape index (κ2) is 8.49. The van der Waals surface area contributed by atoms with Crippen molar-refractivity contribution in [3.63, 3.8) is 0 Å². The molecule has 4 aromatic rings. The van der Waals surface area contributed by atoms with E-state index < -0.39 is 15.9 Å². The molecule has 0 fully saturated rings. The normalized spacial score (nSPS) is 14.3. The van der Waals surface area contributed by atoms with Crippen molar-refractivity contribution < 1.29 is 13.2 Å². The van der Waals surface area contributed by atoms with Gasteiger partial charge >= 0.3 is 0 Å². The van der Waals surface area contributed by atoms with Gasteiger partial charge in [0.15, 0.2) is 0 Å². The zero-order valence-electron chi connectivity index (χ0n) is 17.9. The Morgan fingerprint density at radius 1 is 1.00 bits per heavy atom. The number of hydrogen-bond donors (Lipinski definition) is 1. The van der Waals surface area contributed by atoms with Crippen molar-refractivity contribution in [3.8, 4) is 0 Å². The number of rotatable bonds is 4. The van der Waals surface area contributed by atoms with Gasteiger partial charge < -0.3 is 4.57 Å². The van der Waals surface area contributed by atoms with E-state index in [4.69, 9.17) is 0 Å². The Morgan fingerprint density at radius 3 is 2.52 bits per heavy atom. The Morgan fingerprint density at radius 2 is 1.73 bits per heavy atom. The van der Waals surface area contributed by atoms with E-state index in [2.05, 4.69) is 10.5 Å². The lowest BCUT2D eigenvalue weighted by Gasteiger charge is -2.30. The number of fused-ring (bicyclic) bond motifs is 2. The number of para-hydroxylation sites is 2. The summed E-state index contributed by atoms with van der Waals surface area (Å²) in [4.78, 5) is 13.4. The Bertz CT molecular complexity index is 1520. The molecule has 33 heavy (non-hydrogen) atoms. The summed E-state index contributed by atoms with van der Waals surface area (Å²) in [6.07, 6.45) is 1.63. The smallest absolute Gasteiger partial charge is 0.271 e. The predicted octanol–water partition coefficient (Wildman–Crippen LogP) is 3.63.